The average Bonchev–Trinajstić information content (AvgIpc) is 3.12. The maximum absolute atomic E-state index is 12.3. The van der Waals surface area contributed by atoms with E-state index in [1.807, 2.05) is 41.6 Å². The van der Waals surface area contributed by atoms with Crippen LogP contribution in [0.3, 0.4) is 0 Å². The number of rotatable bonds is 3. The molecule has 0 unspecified atom stereocenters. The summed E-state index contributed by atoms with van der Waals surface area (Å²) in [7, 11) is 0. The topological polar surface area (TPSA) is 61.0 Å². The molecule has 3 heterocycles. The quantitative estimate of drug-likeness (QED) is 0.778. The van der Waals surface area contributed by atoms with E-state index < -0.39 is 0 Å². The second-order valence-electron chi connectivity index (χ2n) is 6.10. The predicted molar refractivity (Wildman–Crippen MR) is 94.7 cm³/mol. The molecule has 5 heteroatoms. The molecule has 2 aromatic heterocycles. The van der Waals surface area contributed by atoms with Gasteiger partial charge in [0, 0.05) is 44.0 Å². The van der Waals surface area contributed by atoms with Gasteiger partial charge in [0.2, 0.25) is 5.91 Å². The highest BCUT2D eigenvalue weighted by Crippen LogP contribution is 2.27. The molecule has 24 heavy (non-hydrogen) atoms. The summed E-state index contributed by atoms with van der Waals surface area (Å²) in [6.45, 7) is 3.39. The summed E-state index contributed by atoms with van der Waals surface area (Å²) in [5, 5.41) is 4.38. The number of benzene rings is 1. The van der Waals surface area contributed by atoms with E-state index in [-0.39, 0.29) is 5.91 Å². The molecule has 0 bridgehead atoms. The number of carbonyl (C=O) groups is 1. The van der Waals surface area contributed by atoms with Gasteiger partial charge in [0.15, 0.2) is 0 Å². The van der Waals surface area contributed by atoms with Crippen molar-refractivity contribution in [2.45, 2.75) is 6.42 Å². The Morgan fingerprint density at radius 3 is 2.67 bits per heavy atom. The van der Waals surface area contributed by atoms with E-state index in [1.54, 1.807) is 0 Å². The third-order valence-electron chi connectivity index (χ3n) is 4.55. The molecule has 1 saturated heterocycles. The Hall–Kier alpha value is -2.66. The number of nitrogens with zero attached hydrogens (tertiary/aromatic N) is 2. The van der Waals surface area contributed by atoms with Crippen molar-refractivity contribution < 1.29 is 4.79 Å². The van der Waals surface area contributed by atoms with Gasteiger partial charge in [-0.05, 0) is 28.8 Å². The summed E-state index contributed by atoms with van der Waals surface area (Å²) in [5.41, 5.74) is 4.24. The minimum Gasteiger partial charge on any atom is -0.346 e. The van der Waals surface area contributed by atoms with Crippen LogP contribution in [-0.4, -0.2) is 47.0 Å². The summed E-state index contributed by atoms with van der Waals surface area (Å²) in [6.07, 6.45) is 4.19. The molecule has 5 nitrogen and oxygen atoms in total. The molecule has 3 aromatic rings. The van der Waals surface area contributed by atoms with Gasteiger partial charge in [0.25, 0.3) is 0 Å². The lowest BCUT2D eigenvalue weighted by Gasteiger charge is -2.27. The molecule has 1 aromatic carbocycles. The van der Waals surface area contributed by atoms with Crippen molar-refractivity contribution in [3.05, 3.63) is 54.4 Å². The highest BCUT2D eigenvalue weighted by atomic mass is 16.2. The van der Waals surface area contributed by atoms with Crippen molar-refractivity contribution >= 4 is 16.9 Å². The molecule has 1 amide bonds. The van der Waals surface area contributed by atoms with E-state index in [0.29, 0.717) is 6.42 Å². The minimum absolute atomic E-state index is 0.209. The molecular weight excluding hydrogens is 300 g/mol. The number of aromatic nitrogens is 2. The zero-order valence-electron chi connectivity index (χ0n) is 13.5. The Labute approximate surface area is 140 Å². The molecule has 4 rings (SSSR count). The van der Waals surface area contributed by atoms with E-state index in [4.69, 9.17) is 0 Å². The van der Waals surface area contributed by atoms with Crippen LogP contribution >= 0.6 is 0 Å². The molecule has 0 aliphatic carbocycles. The SMILES string of the molecule is O=C(Cc1ccc(-c2ccnc3[nH]ccc23)cc1)N1CCNCC1. The lowest BCUT2D eigenvalue weighted by atomic mass is 10.0. The smallest absolute Gasteiger partial charge is 0.227 e. The molecule has 1 aliphatic rings. The van der Waals surface area contributed by atoms with E-state index in [2.05, 4.69) is 27.4 Å². The fourth-order valence-corrected chi connectivity index (χ4v) is 3.22. The summed E-state index contributed by atoms with van der Waals surface area (Å²) in [4.78, 5) is 21.8. The van der Waals surface area contributed by atoms with Crippen molar-refractivity contribution in [3.8, 4) is 11.1 Å². The fraction of sp³-hybridized carbons (Fsp3) is 0.263. The van der Waals surface area contributed by atoms with Gasteiger partial charge in [0.1, 0.15) is 5.65 Å². The number of aromatic amines is 1. The Morgan fingerprint density at radius 1 is 1.08 bits per heavy atom. The maximum Gasteiger partial charge on any atom is 0.227 e. The highest BCUT2D eigenvalue weighted by Gasteiger charge is 2.16. The van der Waals surface area contributed by atoms with Gasteiger partial charge in [-0.3, -0.25) is 4.79 Å². The second kappa shape index (κ2) is 6.45. The van der Waals surface area contributed by atoms with Gasteiger partial charge in [-0.2, -0.15) is 0 Å². The molecule has 122 valence electrons. The largest absolute Gasteiger partial charge is 0.346 e. The van der Waals surface area contributed by atoms with Crippen LogP contribution < -0.4 is 5.32 Å². The number of pyridine rings is 1. The normalized spacial score (nSPS) is 14.9. The number of H-pyrrole nitrogens is 1. The molecule has 0 atom stereocenters. The lowest BCUT2D eigenvalue weighted by molar-refractivity contribution is -0.131. The van der Waals surface area contributed by atoms with Gasteiger partial charge in [0.05, 0.1) is 6.42 Å². The second-order valence-corrected chi connectivity index (χ2v) is 6.10. The molecule has 1 fully saturated rings. The summed E-state index contributed by atoms with van der Waals surface area (Å²) >= 11 is 0. The van der Waals surface area contributed by atoms with Crippen LogP contribution in [0.15, 0.2) is 48.8 Å². The monoisotopic (exact) mass is 320 g/mol. The van der Waals surface area contributed by atoms with Crippen molar-refractivity contribution in [1.29, 1.82) is 0 Å². The van der Waals surface area contributed by atoms with Crippen molar-refractivity contribution in [2.24, 2.45) is 0 Å². The number of piperazine rings is 1. The molecular formula is C19H20N4O. The van der Waals surface area contributed by atoms with Crippen LogP contribution in [0.2, 0.25) is 0 Å². The first-order valence-electron chi connectivity index (χ1n) is 8.31. The summed E-state index contributed by atoms with van der Waals surface area (Å²) in [6, 6.07) is 12.3. The first kappa shape index (κ1) is 14.9. The number of nitrogens with one attached hydrogen (secondary N) is 2. The number of carbonyl (C=O) groups excluding carboxylic acids is 1. The fourth-order valence-electron chi connectivity index (χ4n) is 3.22. The standard InChI is InChI=1S/C19H20N4O/c24-18(23-11-9-20-10-12-23)13-14-1-3-15(4-2-14)16-5-7-21-19-17(16)6-8-22-19/h1-8,20H,9-13H2,(H,21,22). The zero-order chi connectivity index (χ0) is 16.4. The number of amides is 1. The number of hydrogen-bond acceptors (Lipinski definition) is 3. The zero-order valence-corrected chi connectivity index (χ0v) is 13.5. The van der Waals surface area contributed by atoms with Crippen molar-refractivity contribution in [1.82, 2.24) is 20.2 Å². The van der Waals surface area contributed by atoms with Gasteiger partial charge in [-0.25, -0.2) is 4.98 Å². The average molecular weight is 320 g/mol. The Balaban J connectivity index is 1.52. The lowest BCUT2D eigenvalue weighted by Crippen LogP contribution is -2.46. The first-order valence-corrected chi connectivity index (χ1v) is 8.31. The predicted octanol–water partition coefficient (Wildman–Crippen LogP) is 2.20. The van der Waals surface area contributed by atoms with Crippen LogP contribution in [0.1, 0.15) is 5.56 Å². The van der Waals surface area contributed by atoms with Crippen molar-refractivity contribution in [2.75, 3.05) is 26.2 Å². The van der Waals surface area contributed by atoms with Gasteiger partial charge >= 0.3 is 0 Å². The Morgan fingerprint density at radius 2 is 1.88 bits per heavy atom. The van der Waals surface area contributed by atoms with Gasteiger partial charge in [-0.15, -0.1) is 0 Å². The van der Waals surface area contributed by atoms with Gasteiger partial charge in [-0.1, -0.05) is 24.3 Å². The minimum atomic E-state index is 0.209. The van der Waals surface area contributed by atoms with Crippen molar-refractivity contribution in [3.63, 3.8) is 0 Å². The Bertz CT molecular complexity index is 847. The van der Waals surface area contributed by atoms with Crippen LogP contribution in [0.25, 0.3) is 22.2 Å². The number of hydrogen-bond donors (Lipinski definition) is 2. The van der Waals surface area contributed by atoms with E-state index in [9.17, 15) is 4.79 Å². The maximum atomic E-state index is 12.3. The molecule has 2 N–H and O–H groups in total. The Kier molecular flexibility index (Phi) is 4.01. The third kappa shape index (κ3) is 2.90. The first-order chi connectivity index (χ1) is 11.8. The number of fused-ring (bicyclic) bond motifs is 1. The molecule has 0 spiro atoms. The van der Waals surface area contributed by atoms with E-state index >= 15 is 0 Å². The van der Waals surface area contributed by atoms with E-state index in [0.717, 1.165) is 53.9 Å². The van der Waals surface area contributed by atoms with Crippen LogP contribution in [0.4, 0.5) is 0 Å². The van der Waals surface area contributed by atoms with Gasteiger partial charge < -0.3 is 15.2 Å². The van der Waals surface area contributed by atoms with Crippen LogP contribution in [0, 0.1) is 0 Å². The molecule has 0 saturated carbocycles. The van der Waals surface area contributed by atoms with E-state index in [1.165, 1.54) is 0 Å². The summed E-state index contributed by atoms with van der Waals surface area (Å²) < 4.78 is 0. The molecule has 0 radical (unpaired) electrons. The highest BCUT2D eigenvalue weighted by molar-refractivity contribution is 5.92. The molecule has 1 aliphatic heterocycles. The third-order valence-corrected chi connectivity index (χ3v) is 4.55. The summed E-state index contributed by atoms with van der Waals surface area (Å²) in [5.74, 6) is 0.209. The van der Waals surface area contributed by atoms with Crippen LogP contribution in [-0.2, 0) is 11.2 Å². The van der Waals surface area contributed by atoms with Crippen LogP contribution in [0.5, 0.6) is 0 Å².